The molecule has 138 valence electrons. The van der Waals surface area contributed by atoms with Crippen LogP contribution in [0.25, 0.3) is 5.69 Å². The first-order valence-corrected chi connectivity index (χ1v) is 8.27. The maximum absolute atomic E-state index is 14.3. The molecule has 0 atom stereocenters. The van der Waals surface area contributed by atoms with Gasteiger partial charge in [-0.3, -0.25) is 4.79 Å². The van der Waals surface area contributed by atoms with Crippen molar-refractivity contribution >= 4 is 5.78 Å². The number of nitrogens with zero attached hydrogens (tertiary/aromatic N) is 1. The van der Waals surface area contributed by atoms with Gasteiger partial charge in [-0.2, -0.15) is 0 Å². The van der Waals surface area contributed by atoms with Crippen LogP contribution in [0.15, 0.2) is 60.9 Å². The van der Waals surface area contributed by atoms with Gasteiger partial charge in [-0.05, 0) is 48.9 Å². The molecule has 0 amide bonds. The largest absolute Gasteiger partial charge is 0.586 e. The highest BCUT2D eigenvalue weighted by Crippen LogP contribution is 2.41. The minimum atomic E-state index is -3.73. The Morgan fingerprint density at radius 1 is 1.00 bits per heavy atom. The average Bonchev–Trinajstić information content (AvgIpc) is 3.25. The van der Waals surface area contributed by atoms with Gasteiger partial charge in [0, 0.05) is 29.9 Å². The summed E-state index contributed by atoms with van der Waals surface area (Å²) in [6.07, 6.45) is 0.0356. The van der Waals surface area contributed by atoms with Crippen molar-refractivity contribution in [3.63, 3.8) is 0 Å². The Hall–Kier alpha value is -3.22. The summed E-state index contributed by atoms with van der Waals surface area (Å²) in [4.78, 5) is 12.5. The number of carbonyl (C=O) groups is 1. The van der Waals surface area contributed by atoms with Gasteiger partial charge in [0.25, 0.3) is 0 Å². The van der Waals surface area contributed by atoms with Crippen LogP contribution in [0.2, 0.25) is 0 Å². The number of carbonyl (C=O) groups excluding carboxylic acids is 1. The Bertz CT molecular complexity index is 1000. The van der Waals surface area contributed by atoms with Gasteiger partial charge in [0.15, 0.2) is 17.3 Å². The van der Waals surface area contributed by atoms with Crippen molar-refractivity contribution in [2.45, 2.75) is 19.1 Å². The third kappa shape index (κ3) is 3.40. The molecule has 27 heavy (non-hydrogen) atoms. The van der Waals surface area contributed by atoms with Crippen LogP contribution < -0.4 is 9.47 Å². The molecule has 1 aromatic heterocycles. The number of fused-ring (bicyclic) bond motifs is 1. The van der Waals surface area contributed by atoms with Crippen molar-refractivity contribution in [2.24, 2.45) is 0 Å². The molecule has 0 spiro atoms. The number of ketones is 1. The van der Waals surface area contributed by atoms with Crippen molar-refractivity contribution in [1.29, 1.82) is 0 Å². The highest BCUT2D eigenvalue weighted by atomic mass is 19.3. The van der Waals surface area contributed by atoms with Gasteiger partial charge in [0.1, 0.15) is 5.82 Å². The maximum atomic E-state index is 14.3. The molecule has 1 aliphatic heterocycles. The lowest BCUT2D eigenvalue weighted by Gasteiger charge is -2.11. The van der Waals surface area contributed by atoms with Crippen LogP contribution in [0, 0.1) is 5.82 Å². The predicted molar refractivity (Wildman–Crippen MR) is 91.0 cm³/mol. The van der Waals surface area contributed by atoms with Crippen LogP contribution >= 0.6 is 0 Å². The van der Waals surface area contributed by atoms with Gasteiger partial charge < -0.3 is 14.0 Å². The summed E-state index contributed by atoms with van der Waals surface area (Å²) < 4.78 is 50.9. The molecule has 4 nitrogen and oxygen atoms in total. The maximum Gasteiger partial charge on any atom is 0.586 e. The van der Waals surface area contributed by atoms with Crippen molar-refractivity contribution < 1.29 is 27.4 Å². The fraction of sp³-hybridized carbons (Fsp3) is 0.150. The van der Waals surface area contributed by atoms with E-state index in [0.29, 0.717) is 11.3 Å². The van der Waals surface area contributed by atoms with Gasteiger partial charge in [0.2, 0.25) is 0 Å². The van der Waals surface area contributed by atoms with Gasteiger partial charge >= 0.3 is 6.29 Å². The lowest BCUT2D eigenvalue weighted by Crippen LogP contribution is -2.25. The zero-order chi connectivity index (χ0) is 19.0. The van der Waals surface area contributed by atoms with Crippen molar-refractivity contribution in [2.75, 3.05) is 0 Å². The minimum Gasteiger partial charge on any atom is -0.395 e. The van der Waals surface area contributed by atoms with E-state index in [1.54, 1.807) is 29.1 Å². The second-order valence-electron chi connectivity index (χ2n) is 6.08. The molecule has 2 aromatic carbocycles. The molecule has 0 aliphatic carbocycles. The summed E-state index contributed by atoms with van der Waals surface area (Å²) in [7, 11) is 0. The number of hydrogen-bond acceptors (Lipinski definition) is 3. The van der Waals surface area contributed by atoms with Crippen LogP contribution in [0.5, 0.6) is 11.5 Å². The number of alkyl halides is 2. The van der Waals surface area contributed by atoms with Crippen LogP contribution in [0.3, 0.4) is 0 Å². The number of Topliss-reactive ketones (excluding diaryl/α,β-unsaturated/α-hetero) is 1. The molecule has 0 fully saturated rings. The monoisotopic (exact) mass is 373 g/mol. The molecule has 0 radical (unpaired) electrons. The van der Waals surface area contributed by atoms with Gasteiger partial charge in [-0.15, -0.1) is 8.78 Å². The SMILES string of the molecule is O=C(CCc1c(F)cccc1-n1cccc1)c1ccc2c(c1)OC(F)(F)O2. The minimum absolute atomic E-state index is 0.0191. The van der Waals surface area contributed by atoms with E-state index >= 15 is 0 Å². The topological polar surface area (TPSA) is 40.5 Å². The highest BCUT2D eigenvalue weighted by Gasteiger charge is 2.43. The lowest BCUT2D eigenvalue weighted by atomic mass is 10.0. The number of aromatic nitrogens is 1. The summed E-state index contributed by atoms with van der Waals surface area (Å²) in [6, 6.07) is 12.2. The normalized spacial score (nSPS) is 14.3. The molecule has 0 saturated heterocycles. The Kier molecular flexibility index (Phi) is 4.14. The Morgan fingerprint density at radius 2 is 1.74 bits per heavy atom. The van der Waals surface area contributed by atoms with E-state index in [0.717, 1.165) is 0 Å². The summed E-state index contributed by atoms with van der Waals surface area (Å²) in [5, 5.41) is 0. The first kappa shape index (κ1) is 17.2. The fourth-order valence-electron chi connectivity index (χ4n) is 3.04. The molecule has 0 unspecified atom stereocenters. The Labute approximate surface area is 152 Å². The van der Waals surface area contributed by atoms with E-state index in [4.69, 9.17) is 0 Å². The quantitative estimate of drug-likeness (QED) is 0.606. The number of hydrogen-bond donors (Lipinski definition) is 0. The molecule has 0 N–H and O–H groups in total. The molecule has 1 aliphatic rings. The van der Waals surface area contributed by atoms with E-state index in [-0.39, 0.29) is 35.7 Å². The third-order valence-electron chi connectivity index (χ3n) is 4.30. The number of ether oxygens (including phenoxy) is 2. The summed E-state index contributed by atoms with van der Waals surface area (Å²) >= 11 is 0. The smallest absolute Gasteiger partial charge is 0.395 e. The fourth-order valence-corrected chi connectivity index (χ4v) is 3.04. The van der Waals surface area contributed by atoms with Crippen molar-refractivity contribution in [3.05, 3.63) is 77.9 Å². The average molecular weight is 373 g/mol. The van der Waals surface area contributed by atoms with Gasteiger partial charge in [-0.1, -0.05) is 6.07 Å². The highest BCUT2D eigenvalue weighted by molar-refractivity contribution is 5.96. The van der Waals surface area contributed by atoms with Crippen molar-refractivity contribution in [1.82, 2.24) is 4.57 Å². The molecular weight excluding hydrogens is 359 g/mol. The molecular formula is C20H14F3NO3. The third-order valence-corrected chi connectivity index (χ3v) is 4.30. The predicted octanol–water partition coefficient (Wildman–Crippen LogP) is 4.75. The van der Waals surface area contributed by atoms with Crippen molar-refractivity contribution in [3.8, 4) is 17.2 Å². The zero-order valence-electron chi connectivity index (χ0n) is 14.0. The summed E-state index contributed by atoms with van der Waals surface area (Å²) in [5.74, 6) is -1.03. The molecule has 0 saturated carbocycles. The molecule has 2 heterocycles. The Morgan fingerprint density at radius 3 is 2.52 bits per heavy atom. The van der Waals surface area contributed by atoms with E-state index in [2.05, 4.69) is 9.47 Å². The zero-order valence-corrected chi connectivity index (χ0v) is 14.0. The first-order chi connectivity index (χ1) is 12.9. The van der Waals surface area contributed by atoms with Crippen LogP contribution in [0.4, 0.5) is 13.2 Å². The number of halogens is 3. The lowest BCUT2D eigenvalue weighted by molar-refractivity contribution is -0.286. The second-order valence-corrected chi connectivity index (χ2v) is 6.08. The van der Waals surface area contributed by atoms with E-state index in [1.807, 2.05) is 12.1 Å². The van der Waals surface area contributed by atoms with Crippen LogP contribution in [-0.2, 0) is 6.42 Å². The van der Waals surface area contributed by atoms with Gasteiger partial charge in [0.05, 0.1) is 5.69 Å². The number of rotatable bonds is 5. The molecule has 7 heteroatoms. The molecule has 3 aromatic rings. The van der Waals surface area contributed by atoms with E-state index < -0.39 is 12.1 Å². The standard InChI is InChI=1S/C20H14F3NO3/c21-15-4-3-5-16(24-10-1-2-11-24)14(15)7-8-17(25)13-6-9-18-19(12-13)27-20(22,23)26-18/h1-6,9-12H,7-8H2. The first-order valence-electron chi connectivity index (χ1n) is 8.27. The van der Waals surface area contributed by atoms with Crippen LogP contribution in [0.1, 0.15) is 22.3 Å². The molecule has 4 rings (SSSR count). The Balaban J connectivity index is 1.53. The van der Waals surface area contributed by atoms with Crippen LogP contribution in [-0.4, -0.2) is 16.6 Å². The second kappa shape index (κ2) is 6.50. The summed E-state index contributed by atoms with van der Waals surface area (Å²) in [5.41, 5.74) is 1.27. The molecule has 0 bridgehead atoms. The number of benzene rings is 2. The van der Waals surface area contributed by atoms with E-state index in [9.17, 15) is 18.0 Å². The van der Waals surface area contributed by atoms with Gasteiger partial charge in [-0.25, -0.2) is 4.39 Å². The summed E-state index contributed by atoms with van der Waals surface area (Å²) in [6.45, 7) is 0. The van der Waals surface area contributed by atoms with E-state index in [1.165, 1.54) is 24.3 Å².